The summed E-state index contributed by atoms with van der Waals surface area (Å²) in [5.41, 5.74) is 0. The van der Waals surface area contributed by atoms with Crippen molar-refractivity contribution in [3.63, 3.8) is 0 Å². The minimum Gasteiger partial charge on any atom is -0.300 e. The average Bonchev–Trinajstić information content (AvgIpc) is 2.04. The fourth-order valence-corrected chi connectivity index (χ4v) is 2.10. The monoisotopic (exact) mass is 168 g/mol. The van der Waals surface area contributed by atoms with Crippen molar-refractivity contribution in [1.29, 1.82) is 0 Å². The van der Waals surface area contributed by atoms with Crippen molar-refractivity contribution in [1.82, 2.24) is 0 Å². The van der Waals surface area contributed by atoms with E-state index in [1.165, 1.54) is 0 Å². The van der Waals surface area contributed by atoms with E-state index in [2.05, 4.69) is 0 Å². The summed E-state index contributed by atoms with van der Waals surface area (Å²) in [7, 11) is 0. The van der Waals surface area contributed by atoms with Crippen LogP contribution in [0.15, 0.2) is 0 Å². The first-order chi connectivity index (χ1) is 5.63. The molecule has 0 heterocycles. The average molecular weight is 168 g/mol. The van der Waals surface area contributed by atoms with E-state index >= 15 is 0 Å². The normalized spacial score (nSPS) is 29.8. The van der Waals surface area contributed by atoms with E-state index in [1.54, 1.807) is 13.8 Å². The van der Waals surface area contributed by atoms with Crippen LogP contribution in [0.1, 0.15) is 39.5 Å². The largest absolute Gasteiger partial charge is 0.300 e. The summed E-state index contributed by atoms with van der Waals surface area (Å²) in [6, 6.07) is 0. The van der Waals surface area contributed by atoms with Crippen LogP contribution < -0.4 is 0 Å². The molecule has 68 valence electrons. The van der Waals surface area contributed by atoms with Gasteiger partial charge in [-0.1, -0.05) is 12.8 Å². The third-order valence-electron chi connectivity index (χ3n) is 2.81. The zero-order valence-electron chi connectivity index (χ0n) is 7.80. The summed E-state index contributed by atoms with van der Waals surface area (Å²) in [6.45, 7) is 3.21. The number of Topliss-reactive ketones (excluding diaryl/α,β-unsaturated/α-hetero) is 2. The Hall–Kier alpha value is -0.660. The lowest BCUT2D eigenvalue weighted by atomic mass is 9.75. The van der Waals surface area contributed by atoms with Crippen LogP contribution >= 0.6 is 0 Å². The molecule has 1 aliphatic rings. The van der Waals surface area contributed by atoms with Crippen molar-refractivity contribution in [3.8, 4) is 0 Å². The SMILES string of the molecule is CC(=O)C1CCCC[C@@H]1C(C)=O. The third kappa shape index (κ3) is 1.93. The van der Waals surface area contributed by atoms with Crippen molar-refractivity contribution in [2.45, 2.75) is 39.5 Å². The Morgan fingerprint density at radius 2 is 1.25 bits per heavy atom. The first-order valence-corrected chi connectivity index (χ1v) is 4.64. The molecular formula is C10H16O2. The maximum atomic E-state index is 11.2. The Balaban J connectivity index is 2.67. The number of hydrogen-bond acceptors (Lipinski definition) is 2. The Morgan fingerprint density at radius 1 is 0.917 bits per heavy atom. The highest BCUT2D eigenvalue weighted by molar-refractivity contribution is 5.87. The predicted molar refractivity (Wildman–Crippen MR) is 46.8 cm³/mol. The number of ketones is 2. The van der Waals surface area contributed by atoms with Crippen LogP contribution in [0, 0.1) is 11.8 Å². The van der Waals surface area contributed by atoms with Crippen LogP contribution in [0.2, 0.25) is 0 Å². The van der Waals surface area contributed by atoms with Crippen molar-refractivity contribution in [2.24, 2.45) is 11.8 Å². The summed E-state index contributed by atoms with van der Waals surface area (Å²) >= 11 is 0. The van der Waals surface area contributed by atoms with E-state index in [0.29, 0.717) is 0 Å². The first-order valence-electron chi connectivity index (χ1n) is 4.64. The molecule has 0 N–H and O–H groups in total. The molecule has 0 aliphatic heterocycles. The van der Waals surface area contributed by atoms with Gasteiger partial charge >= 0.3 is 0 Å². The summed E-state index contributed by atoms with van der Waals surface area (Å²) in [5.74, 6) is 0.428. The number of hydrogen-bond donors (Lipinski definition) is 0. The van der Waals surface area contributed by atoms with Gasteiger partial charge in [0, 0.05) is 11.8 Å². The molecule has 2 heteroatoms. The maximum absolute atomic E-state index is 11.2. The summed E-state index contributed by atoms with van der Waals surface area (Å²) < 4.78 is 0. The summed E-state index contributed by atoms with van der Waals surface area (Å²) in [5, 5.41) is 0. The fourth-order valence-electron chi connectivity index (χ4n) is 2.10. The lowest BCUT2D eigenvalue weighted by Crippen LogP contribution is -2.30. The van der Waals surface area contributed by atoms with Gasteiger partial charge in [-0.2, -0.15) is 0 Å². The molecule has 1 rings (SSSR count). The summed E-state index contributed by atoms with van der Waals surface area (Å²) in [6.07, 6.45) is 4.04. The lowest BCUT2D eigenvalue weighted by molar-refractivity contribution is -0.131. The van der Waals surface area contributed by atoms with Crippen molar-refractivity contribution in [3.05, 3.63) is 0 Å². The van der Waals surface area contributed by atoms with E-state index in [4.69, 9.17) is 0 Å². The molecule has 1 fully saturated rings. The van der Waals surface area contributed by atoms with Gasteiger partial charge in [-0.25, -0.2) is 0 Å². The van der Waals surface area contributed by atoms with Gasteiger partial charge in [-0.3, -0.25) is 9.59 Å². The highest BCUT2D eigenvalue weighted by Gasteiger charge is 2.31. The van der Waals surface area contributed by atoms with E-state index in [1.807, 2.05) is 0 Å². The van der Waals surface area contributed by atoms with E-state index in [-0.39, 0.29) is 23.4 Å². The molecule has 2 atom stereocenters. The predicted octanol–water partition coefficient (Wildman–Crippen LogP) is 1.97. The second-order valence-electron chi connectivity index (χ2n) is 3.72. The third-order valence-corrected chi connectivity index (χ3v) is 2.81. The number of rotatable bonds is 2. The topological polar surface area (TPSA) is 34.1 Å². The quantitative estimate of drug-likeness (QED) is 0.631. The van der Waals surface area contributed by atoms with Gasteiger partial charge in [0.2, 0.25) is 0 Å². The molecule has 0 radical (unpaired) electrons. The van der Waals surface area contributed by atoms with Crippen LogP contribution in [0.5, 0.6) is 0 Å². The van der Waals surface area contributed by atoms with E-state index < -0.39 is 0 Å². The minimum atomic E-state index is 0.0243. The Morgan fingerprint density at radius 3 is 1.50 bits per heavy atom. The zero-order valence-corrected chi connectivity index (χ0v) is 7.80. The van der Waals surface area contributed by atoms with Gasteiger partial charge in [-0.15, -0.1) is 0 Å². The molecule has 12 heavy (non-hydrogen) atoms. The van der Waals surface area contributed by atoms with Gasteiger partial charge in [-0.05, 0) is 26.7 Å². The van der Waals surface area contributed by atoms with Crippen molar-refractivity contribution >= 4 is 11.6 Å². The molecule has 0 saturated heterocycles. The fraction of sp³-hybridized carbons (Fsp3) is 0.800. The molecule has 0 aromatic heterocycles. The maximum Gasteiger partial charge on any atom is 0.133 e. The first kappa shape index (κ1) is 9.43. The number of carbonyl (C=O) groups is 2. The summed E-state index contributed by atoms with van der Waals surface area (Å²) in [4.78, 5) is 22.3. The van der Waals surface area contributed by atoms with Crippen LogP contribution in [-0.2, 0) is 9.59 Å². The van der Waals surface area contributed by atoms with Crippen molar-refractivity contribution < 1.29 is 9.59 Å². The Labute approximate surface area is 73.3 Å². The molecule has 1 unspecified atom stereocenters. The molecule has 0 spiro atoms. The van der Waals surface area contributed by atoms with Gasteiger partial charge in [0.1, 0.15) is 11.6 Å². The van der Waals surface area contributed by atoms with Gasteiger partial charge in [0.05, 0.1) is 0 Å². The van der Waals surface area contributed by atoms with Crippen LogP contribution in [0.25, 0.3) is 0 Å². The van der Waals surface area contributed by atoms with Crippen LogP contribution in [-0.4, -0.2) is 11.6 Å². The van der Waals surface area contributed by atoms with Gasteiger partial charge in [0.15, 0.2) is 0 Å². The van der Waals surface area contributed by atoms with E-state index in [9.17, 15) is 9.59 Å². The zero-order chi connectivity index (χ0) is 9.14. The Bertz CT molecular complexity index is 174. The molecule has 0 bridgehead atoms. The molecule has 0 aromatic rings. The van der Waals surface area contributed by atoms with Crippen LogP contribution in [0.3, 0.4) is 0 Å². The molecule has 0 amide bonds. The highest BCUT2D eigenvalue weighted by atomic mass is 16.1. The van der Waals surface area contributed by atoms with Crippen LogP contribution in [0.4, 0.5) is 0 Å². The second kappa shape index (κ2) is 3.83. The molecule has 2 nitrogen and oxygen atoms in total. The minimum absolute atomic E-state index is 0.0243. The second-order valence-corrected chi connectivity index (χ2v) is 3.72. The Kier molecular flexibility index (Phi) is 3.01. The highest BCUT2D eigenvalue weighted by Crippen LogP contribution is 2.31. The molecule has 1 aliphatic carbocycles. The number of carbonyl (C=O) groups excluding carboxylic acids is 2. The molecule has 0 aromatic carbocycles. The molecule has 1 saturated carbocycles. The lowest BCUT2D eigenvalue weighted by Gasteiger charge is -2.27. The smallest absolute Gasteiger partial charge is 0.133 e. The van der Waals surface area contributed by atoms with Gasteiger partial charge in [0.25, 0.3) is 0 Å². The molecular weight excluding hydrogens is 152 g/mol. The van der Waals surface area contributed by atoms with Crippen molar-refractivity contribution in [2.75, 3.05) is 0 Å². The standard InChI is InChI=1S/C10H16O2/c1-7(11)9-5-3-4-6-10(9)8(2)12/h9-10H,3-6H2,1-2H3/t9-,10?/m1/s1. The van der Waals surface area contributed by atoms with Gasteiger partial charge < -0.3 is 0 Å². The van der Waals surface area contributed by atoms with E-state index in [0.717, 1.165) is 25.7 Å².